The van der Waals surface area contributed by atoms with Crippen LogP contribution in [0.4, 0.5) is 4.79 Å². The third-order valence-electron chi connectivity index (χ3n) is 5.13. The van der Waals surface area contributed by atoms with Crippen molar-refractivity contribution >= 4 is 17.8 Å². The summed E-state index contributed by atoms with van der Waals surface area (Å²) < 4.78 is 16.1. The van der Waals surface area contributed by atoms with E-state index in [1.807, 2.05) is 13.0 Å². The first-order valence-electron chi connectivity index (χ1n) is 9.11. The number of amides is 4. The highest BCUT2D eigenvalue weighted by molar-refractivity contribution is 6.09. The SMILES string of the molecule is Cc1ccc(CN(C)C(=O)CN2C(=O)NC(C)(c3ccc4c(c3)OCO4)C2=O)o1. The number of hydrogen-bond acceptors (Lipinski definition) is 6. The number of rotatable bonds is 5. The van der Waals surface area contributed by atoms with Crippen molar-refractivity contribution in [1.82, 2.24) is 15.1 Å². The molecule has 2 aromatic rings. The molecule has 3 heterocycles. The summed E-state index contributed by atoms with van der Waals surface area (Å²) in [6, 6.07) is 8.02. The molecule has 0 saturated carbocycles. The normalized spacial score (nSPS) is 20.2. The number of nitrogens with zero attached hydrogens (tertiary/aromatic N) is 2. The van der Waals surface area contributed by atoms with Gasteiger partial charge in [0.15, 0.2) is 11.5 Å². The summed E-state index contributed by atoms with van der Waals surface area (Å²) >= 11 is 0. The van der Waals surface area contributed by atoms with E-state index in [9.17, 15) is 14.4 Å². The minimum Gasteiger partial charge on any atom is -0.464 e. The van der Waals surface area contributed by atoms with Crippen molar-refractivity contribution in [3.63, 3.8) is 0 Å². The van der Waals surface area contributed by atoms with Gasteiger partial charge in [-0.1, -0.05) is 6.07 Å². The maximum Gasteiger partial charge on any atom is 0.325 e. The highest BCUT2D eigenvalue weighted by Crippen LogP contribution is 2.37. The Kier molecular flexibility index (Phi) is 4.45. The zero-order valence-corrected chi connectivity index (χ0v) is 16.4. The van der Waals surface area contributed by atoms with Crippen LogP contribution in [0.25, 0.3) is 0 Å². The number of hydrogen-bond donors (Lipinski definition) is 1. The third kappa shape index (κ3) is 3.28. The van der Waals surface area contributed by atoms with Gasteiger partial charge in [-0.15, -0.1) is 0 Å². The summed E-state index contributed by atoms with van der Waals surface area (Å²) in [7, 11) is 1.59. The van der Waals surface area contributed by atoms with E-state index in [1.165, 1.54) is 4.90 Å². The van der Waals surface area contributed by atoms with Gasteiger partial charge in [-0.05, 0) is 43.7 Å². The first kappa shape index (κ1) is 18.9. The molecule has 0 radical (unpaired) electrons. The summed E-state index contributed by atoms with van der Waals surface area (Å²) in [5.41, 5.74) is -0.746. The van der Waals surface area contributed by atoms with Crippen molar-refractivity contribution in [2.75, 3.05) is 20.4 Å². The van der Waals surface area contributed by atoms with Crippen LogP contribution in [-0.2, 0) is 21.7 Å². The van der Waals surface area contributed by atoms with E-state index >= 15 is 0 Å². The van der Waals surface area contributed by atoms with Gasteiger partial charge in [-0.3, -0.25) is 14.5 Å². The minimum absolute atomic E-state index is 0.109. The Morgan fingerprint density at radius 1 is 1.21 bits per heavy atom. The van der Waals surface area contributed by atoms with E-state index in [0.717, 1.165) is 10.7 Å². The van der Waals surface area contributed by atoms with Crippen LogP contribution in [0.1, 0.15) is 24.0 Å². The molecule has 152 valence electrons. The summed E-state index contributed by atoms with van der Waals surface area (Å²) in [6.07, 6.45) is 0. The van der Waals surface area contributed by atoms with Crippen molar-refractivity contribution in [2.24, 2.45) is 0 Å². The quantitative estimate of drug-likeness (QED) is 0.769. The van der Waals surface area contributed by atoms with Gasteiger partial charge in [0.2, 0.25) is 12.7 Å². The molecule has 2 aliphatic heterocycles. The first-order chi connectivity index (χ1) is 13.8. The largest absolute Gasteiger partial charge is 0.464 e. The van der Waals surface area contributed by atoms with Crippen LogP contribution in [0.5, 0.6) is 11.5 Å². The summed E-state index contributed by atoms with van der Waals surface area (Å²) in [6.45, 7) is 3.41. The monoisotopic (exact) mass is 399 g/mol. The number of furan rings is 1. The van der Waals surface area contributed by atoms with Crippen molar-refractivity contribution in [1.29, 1.82) is 0 Å². The lowest BCUT2D eigenvalue weighted by atomic mass is 9.91. The molecular weight excluding hydrogens is 378 g/mol. The molecule has 0 spiro atoms. The number of aryl methyl sites for hydroxylation is 1. The molecule has 2 aliphatic rings. The fourth-order valence-electron chi connectivity index (χ4n) is 3.39. The van der Waals surface area contributed by atoms with Gasteiger partial charge in [0, 0.05) is 7.05 Å². The van der Waals surface area contributed by atoms with Gasteiger partial charge >= 0.3 is 6.03 Å². The third-order valence-corrected chi connectivity index (χ3v) is 5.13. The van der Waals surface area contributed by atoms with Crippen molar-refractivity contribution < 1.29 is 28.3 Å². The number of carbonyl (C=O) groups excluding carboxylic acids is 3. The highest BCUT2D eigenvalue weighted by atomic mass is 16.7. The van der Waals surface area contributed by atoms with Crippen LogP contribution in [0.3, 0.4) is 0 Å². The molecule has 9 nitrogen and oxygen atoms in total. The molecule has 29 heavy (non-hydrogen) atoms. The first-order valence-corrected chi connectivity index (χ1v) is 9.11. The average molecular weight is 399 g/mol. The molecule has 1 N–H and O–H groups in total. The number of ether oxygens (including phenoxy) is 2. The van der Waals surface area contributed by atoms with Gasteiger partial charge in [-0.25, -0.2) is 4.79 Å². The molecule has 9 heteroatoms. The standard InChI is InChI=1S/C20H21N3O6/c1-12-4-6-14(29-12)9-22(3)17(24)10-23-18(25)20(2,21-19(23)26)13-5-7-15-16(8-13)28-11-27-15/h4-8H,9-11H2,1-3H3,(H,21,26). The second-order valence-electron chi connectivity index (χ2n) is 7.28. The van der Waals surface area contributed by atoms with Gasteiger partial charge < -0.3 is 24.1 Å². The number of imide groups is 1. The zero-order chi connectivity index (χ0) is 20.8. The maximum absolute atomic E-state index is 13.0. The predicted octanol–water partition coefficient (Wildman–Crippen LogP) is 1.74. The van der Waals surface area contributed by atoms with Crippen molar-refractivity contribution in [2.45, 2.75) is 25.9 Å². The van der Waals surface area contributed by atoms with E-state index in [4.69, 9.17) is 13.9 Å². The predicted molar refractivity (Wildman–Crippen MR) is 100 cm³/mol. The molecule has 1 aromatic heterocycles. The lowest BCUT2D eigenvalue weighted by Crippen LogP contribution is -2.43. The molecule has 0 bridgehead atoms. The molecular formula is C20H21N3O6. The van der Waals surface area contributed by atoms with E-state index in [1.54, 1.807) is 38.2 Å². The lowest BCUT2D eigenvalue weighted by molar-refractivity contribution is -0.138. The van der Waals surface area contributed by atoms with Crippen LogP contribution in [0, 0.1) is 6.92 Å². The number of likely N-dealkylation sites (N-methyl/N-ethyl adjacent to an activating group) is 1. The molecule has 4 rings (SSSR count). The number of fused-ring (bicyclic) bond motifs is 1. The molecule has 1 aromatic carbocycles. The Morgan fingerprint density at radius 3 is 2.69 bits per heavy atom. The van der Waals surface area contributed by atoms with Crippen LogP contribution in [0.2, 0.25) is 0 Å². The van der Waals surface area contributed by atoms with E-state index in [0.29, 0.717) is 22.8 Å². The van der Waals surface area contributed by atoms with Gasteiger partial charge in [0.05, 0.1) is 6.54 Å². The number of carbonyl (C=O) groups is 3. The number of urea groups is 1. The minimum atomic E-state index is -1.30. The van der Waals surface area contributed by atoms with Crippen LogP contribution < -0.4 is 14.8 Å². The van der Waals surface area contributed by atoms with E-state index < -0.39 is 17.5 Å². The maximum atomic E-state index is 13.0. The average Bonchev–Trinajstić information content (AvgIpc) is 3.37. The smallest absolute Gasteiger partial charge is 0.325 e. The van der Waals surface area contributed by atoms with Crippen LogP contribution >= 0.6 is 0 Å². The zero-order valence-electron chi connectivity index (χ0n) is 16.4. The Balaban J connectivity index is 1.48. The Hall–Kier alpha value is -3.49. The molecule has 1 fully saturated rings. The second kappa shape index (κ2) is 6.84. The van der Waals surface area contributed by atoms with Crippen LogP contribution in [0.15, 0.2) is 34.7 Å². The lowest BCUT2D eigenvalue weighted by Gasteiger charge is -2.23. The van der Waals surface area contributed by atoms with Crippen molar-refractivity contribution in [3.05, 3.63) is 47.4 Å². The van der Waals surface area contributed by atoms with Gasteiger partial charge in [0.1, 0.15) is 23.6 Å². The van der Waals surface area contributed by atoms with E-state index in [2.05, 4.69) is 5.32 Å². The number of benzene rings is 1. The van der Waals surface area contributed by atoms with Gasteiger partial charge in [0.25, 0.3) is 5.91 Å². The topological polar surface area (TPSA) is 101 Å². The molecule has 4 amide bonds. The fourth-order valence-corrected chi connectivity index (χ4v) is 3.39. The number of nitrogens with one attached hydrogen (secondary N) is 1. The molecule has 1 saturated heterocycles. The molecule has 0 aliphatic carbocycles. The Bertz CT molecular complexity index is 1000. The van der Waals surface area contributed by atoms with Gasteiger partial charge in [-0.2, -0.15) is 0 Å². The molecule has 1 unspecified atom stereocenters. The Morgan fingerprint density at radius 2 is 1.97 bits per heavy atom. The summed E-state index contributed by atoms with van der Waals surface area (Å²) in [5.74, 6) is 1.58. The highest BCUT2D eigenvalue weighted by Gasteiger charge is 2.50. The Labute approximate surface area is 167 Å². The van der Waals surface area contributed by atoms with Crippen molar-refractivity contribution in [3.8, 4) is 11.5 Å². The van der Waals surface area contributed by atoms with Crippen LogP contribution in [-0.4, -0.2) is 48.0 Å². The summed E-state index contributed by atoms with van der Waals surface area (Å²) in [4.78, 5) is 40.4. The second-order valence-corrected chi connectivity index (χ2v) is 7.28. The molecule has 1 atom stereocenters. The van der Waals surface area contributed by atoms with E-state index in [-0.39, 0.29) is 25.8 Å². The summed E-state index contributed by atoms with van der Waals surface area (Å²) in [5, 5.41) is 2.69. The fraction of sp³-hybridized carbons (Fsp3) is 0.350.